The zero-order valence-corrected chi connectivity index (χ0v) is 15.6. The van der Waals surface area contributed by atoms with E-state index >= 15 is 0 Å². The SMILES string of the molecule is CCOC(=O)c1scc(-c2ccccc2)c1NC(=O)c1ccc(Cl)cc1. The maximum absolute atomic E-state index is 12.6. The van der Waals surface area contributed by atoms with Crippen LogP contribution >= 0.6 is 22.9 Å². The molecule has 1 aromatic heterocycles. The van der Waals surface area contributed by atoms with E-state index in [9.17, 15) is 9.59 Å². The molecule has 6 heteroatoms. The minimum atomic E-state index is -0.453. The first kappa shape index (κ1) is 18.2. The van der Waals surface area contributed by atoms with Crippen LogP contribution in [0.1, 0.15) is 27.0 Å². The molecule has 2 aromatic carbocycles. The summed E-state index contributed by atoms with van der Waals surface area (Å²) in [6.45, 7) is 2.01. The number of anilines is 1. The van der Waals surface area contributed by atoms with Crippen LogP contribution in [0, 0.1) is 0 Å². The van der Waals surface area contributed by atoms with E-state index in [-0.39, 0.29) is 12.5 Å². The van der Waals surface area contributed by atoms with E-state index in [2.05, 4.69) is 5.32 Å². The molecule has 0 aliphatic heterocycles. The van der Waals surface area contributed by atoms with Crippen LogP contribution in [0.3, 0.4) is 0 Å². The summed E-state index contributed by atoms with van der Waals surface area (Å²) in [6.07, 6.45) is 0. The van der Waals surface area contributed by atoms with Crippen molar-refractivity contribution < 1.29 is 14.3 Å². The highest BCUT2D eigenvalue weighted by molar-refractivity contribution is 7.13. The van der Waals surface area contributed by atoms with E-state index < -0.39 is 5.97 Å². The Kier molecular flexibility index (Phi) is 5.71. The summed E-state index contributed by atoms with van der Waals surface area (Å²) in [5, 5.41) is 5.26. The summed E-state index contributed by atoms with van der Waals surface area (Å²) in [5.74, 6) is -0.770. The van der Waals surface area contributed by atoms with Crippen LogP contribution in [0.4, 0.5) is 5.69 Å². The van der Waals surface area contributed by atoms with Crippen LogP contribution in [0.2, 0.25) is 5.02 Å². The van der Waals surface area contributed by atoms with Crippen molar-refractivity contribution in [1.82, 2.24) is 0 Å². The molecule has 3 aromatic rings. The van der Waals surface area contributed by atoms with Gasteiger partial charge in [0.25, 0.3) is 5.91 Å². The lowest BCUT2D eigenvalue weighted by atomic mass is 10.1. The Balaban J connectivity index is 1.99. The van der Waals surface area contributed by atoms with E-state index in [4.69, 9.17) is 16.3 Å². The first-order valence-electron chi connectivity index (χ1n) is 8.01. The predicted molar refractivity (Wildman–Crippen MR) is 105 cm³/mol. The van der Waals surface area contributed by atoms with Crippen LogP contribution in [0.5, 0.6) is 0 Å². The molecule has 0 aliphatic carbocycles. The fourth-order valence-electron chi connectivity index (χ4n) is 2.45. The van der Waals surface area contributed by atoms with Crippen molar-refractivity contribution in [3.05, 3.63) is 75.4 Å². The van der Waals surface area contributed by atoms with Crippen LogP contribution in [-0.4, -0.2) is 18.5 Å². The van der Waals surface area contributed by atoms with E-state index in [0.29, 0.717) is 21.2 Å². The minimum absolute atomic E-state index is 0.266. The van der Waals surface area contributed by atoms with E-state index in [0.717, 1.165) is 11.1 Å². The lowest BCUT2D eigenvalue weighted by Crippen LogP contribution is -2.15. The summed E-state index contributed by atoms with van der Waals surface area (Å²) < 4.78 is 5.12. The second-order valence-corrected chi connectivity index (χ2v) is 6.72. The van der Waals surface area contributed by atoms with Crippen molar-refractivity contribution in [3.8, 4) is 11.1 Å². The van der Waals surface area contributed by atoms with Gasteiger partial charge in [0.05, 0.1) is 12.3 Å². The van der Waals surface area contributed by atoms with Gasteiger partial charge in [0, 0.05) is 21.5 Å². The third-order valence-corrected chi connectivity index (χ3v) is 4.89. The average Bonchev–Trinajstić information content (AvgIpc) is 3.07. The fraction of sp³-hybridized carbons (Fsp3) is 0.100. The third kappa shape index (κ3) is 3.95. The second-order valence-electron chi connectivity index (χ2n) is 5.40. The quantitative estimate of drug-likeness (QED) is 0.590. The van der Waals surface area contributed by atoms with Crippen molar-refractivity contribution in [3.63, 3.8) is 0 Å². The molecule has 0 bridgehead atoms. The highest BCUT2D eigenvalue weighted by atomic mass is 35.5. The third-order valence-electron chi connectivity index (χ3n) is 3.68. The summed E-state index contributed by atoms with van der Waals surface area (Å²) in [7, 11) is 0. The number of halogens is 1. The van der Waals surface area contributed by atoms with Gasteiger partial charge in [-0.3, -0.25) is 4.79 Å². The van der Waals surface area contributed by atoms with Crippen LogP contribution in [-0.2, 0) is 4.74 Å². The smallest absolute Gasteiger partial charge is 0.350 e. The van der Waals surface area contributed by atoms with E-state index in [1.807, 2.05) is 35.7 Å². The van der Waals surface area contributed by atoms with Gasteiger partial charge in [-0.2, -0.15) is 0 Å². The molecular formula is C20H16ClNO3S. The second kappa shape index (κ2) is 8.17. The molecule has 0 unspecified atom stereocenters. The van der Waals surface area contributed by atoms with Gasteiger partial charge >= 0.3 is 5.97 Å². The number of ether oxygens (including phenoxy) is 1. The van der Waals surface area contributed by atoms with E-state index in [1.54, 1.807) is 31.2 Å². The number of benzene rings is 2. The van der Waals surface area contributed by atoms with Crippen LogP contribution in [0.15, 0.2) is 60.0 Å². The fourth-order valence-corrected chi connectivity index (χ4v) is 3.50. The van der Waals surface area contributed by atoms with Crippen molar-refractivity contribution in [2.75, 3.05) is 11.9 Å². The summed E-state index contributed by atoms with van der Waals surface area (Å²) in [6, 6.07) is 16.1. The number of esters is 1. The molecule has 4 nitrogen and oxygen atoms in total. The van der Waals surface area contributed by atoms with Crippen molar-refractivity contribution in [2.45, 2.75) is 6.92 Å². The molecule has 0 spiro atoms. The largest absolute Gasteiger partial charge is 0.462 e. The van der Waals surface area contributed by atoms with Gasteiger partial charge in [0.2, 0.25) is 0 Å². The van der Waals surface area contributed by atoms with Gasteiger partial charge in [-0.25, -0.2) is 4.79 Å². The zero-order valence-electron chi connectivity index (χ0n) is 14.0. The molecule has 0 saturated carbocycles. The molecule has 1 heterocycles. The van der Waals surface area contributed by atoms with Gasteiger partial charge < -0.3 is 10.1 Å². The Morgan fingerprint density at radius 2 is 1.77 bits per heavy atom. The molecule has 0 atom stereocenters. The Morgan fingerprint density at radius 3 is 2.42 bits per heavy atom. The predicted octanol–water partition coefficient (Wildman–Crippen LogP) is 5.50. The Labute approximate surface area is 160 Å². The molecule has 0 aliphatic rings. The van der Waals surface area contributed by atoms with Gasteiger partial charge in [0.15, 0.2) is 0 Å². The first-order valence-corrected chi connectivity index (χ1v) is 9.27. The molecule has 1 N–H and O–H groups in total. The van der Waals surface area contributed by atoms with Crippen molar-refractivity contribution in [1.29, 1.82) is 0 Å². The standard InChI is InChI=1S/C20H16ClNO3S/c1-2-25-20(24)18-17(16(12-26-18)13-6-4-3-5-7-13)22-19(23)14-8-10-15(21)11-9-14/h3-12H,2H2,1H3,(H,22,23). The zero-order chi connectivity index (χ0) is 18.5. The summed E-state index contributed by atoms with van der Waals surface area (Å²) >= 11 is 7.12. The number of carbonyl (C=O) groups is 2. The maximum Gasteiger partial charge on any atom is 0.350 e. The molecule has 0 fully saturated rings. The highest BCUT2D eigenvalue weighted by Crippen LogP contribution is 2.37. The average molecular weight is 386 g/mol. The number of rotatable bonds is 5. The Hall–Kier alpha value is -2.63. The number of thiophene rings is 1. The molecule has 3 rings (SSSR count). The molecule has 0 saturated heterocycles. The molecule has 0 radical (unpaired) electrons. The molecule has 132 valence electrons. The molecule has 26 heavy (non-hydrogen) atoms. The minimum Gasteiger partial charge on any atom is -0.462 e. The van der Waals surface area contributed by atoms with Crippen molar-refractivity contribution >= 4 is 40.5 Å². The first-order chi connectivity index (χ1) is 12.6. The van der Waals surface area contributed by atoms with Crippen LogP contribution in [0.25, 0.3) is 11.1 Å². The lowest BCUT2D eigenvalue weighted by Gasteiger charge is -2.10. The van der Waals surface area contributed by atoms with E-state index in [1.165, 1.54) is 11.3 Å². The van der Waals surface area contributed by atoms with Gasteiger partial charge in [-0.1, -0.05) is 41.9 Å². The lowest BCUT2D eigenvalue weighted by molar-refractivity contribution is 0.0533. The number of hydrogen-bond donors (Lipinski definition) is 1. The molecule has 1 amide bonds. The summed E-state index contributed by atoms with van der Waals surface area (Å²) in [5.41, 5.74) is 2.60. The molecular weight excluding hydrogens is 370 g/mol. The van der Waals surface area contributed by atoms with Gasteiger partial charge in [-0.05, 0) is 36.8 Å². The number of amides is 1. The Morgan fingerprint density at radius 1 is 1.08 bits per heavy atom. The number of nitrogens with one attached hydrogen (secondary N) is 1. The monoisotopic (exact) mass is 385 g/mol. The van der Waals surface area contributed by atoms with Crippen molar-refractivity contribution in [2.24, 2.45) is 0 Å². The van der Waals surface area contributed by atoms with Gasteiger partial charge in [0.1, 0.15) is 4.88 Å². The number of hydrogen-bond acceptors (Lipinski definition) is 4. The van der Waals surface area contributed by atoms with Crippen LogP contribution < -0.4 is 5.32 Å². The van der Waals surface area contributed by atoms with Gasteiger partial charge in [-0.15, -0.1) is 11.3 Å². The summed E-state index contributed by atoms with van der Waals surface area (Å²) in [4.78, 5) is 25.3. The number of carbonyl (C=O) groups excluding carboxylic acids is 2. The highest BCUT2D eigenvalue weighted by Gasteiger charge is 2.22. The topological polar surface area (TPSA) is 55.4 Å². The normalized spacial score (nSPS) is 10.4. The Bertz CT molecular complexity index is 920. The maximum atomic E-state index is 12.6.